The average Bonchev–Trinajstić information content (AvgIpc) is 3.25. The Morgan fingerprint density at radius 2 is 1.81 bits per heavy atom. The van der Waals surface area contributed by atoms with E-state index in [-0.39, 0.29) is 18.3 Å². The molecule has 0 N–H and O–H groups in total. The lowest BCUT2D eigenvalue weighted by Gasteiger charge is -2.32. The van der Waals surface area contributed by atoms with Crippen molar-refractivity contribution in [3.8, 4) is 0 Å². The van der Waals surface area contributed by atoms with Crippen LogP contribution in [0.4, 0.5) is 0 Å². The summed E-state index contributed by atoms with van der Waals surface area (Å²) in [5, 5.41) is 1.23. The van der Waals surface area contributed by atoms with Gasteiger partial charge in [-0.05, 0) is 71.2 Å². The van der Waals surface area contributed by atoms with Gasteiger partial charge in [0.2, 0.25) is 0 Å². The smallest absolute Gasteiger partial charge is 0.399 e. The van der Waals surface area contributed by atoms with Gasteiger partial charge < -0.3 is 14.2 Å². The van der Waals surface area contributed by atoms with Gasteiger partial charge in [-0.3, -0.25) is 0 Å². The summed E-state index contributed by atoms with van der Waals surface area (Å²) in [6.45, 7) is 14.2. The molecule has 4 rings (SSSR count). The van der Waals surface area contributed by atoms with E-state index in [1.54, 1.807) is 0 Å². The zero-order chi connectivity index (χ0) is 18.5. The second-order valence-electron chi connectivity index (χ2n) is 8.78. The van der Waals surface area contributed by atoms with Crippen LogP contribution in [0.3, 0.4) is 0 Å². The number of fused-ring (bicyclic) bond motifs is 1. The van der Waals surface area contributed by atoms with Crippen molar-refractivity contribution in [1.82, 2.24) is 9.88 Å². The molecule has 1 aromatic carbocycles. The normalized spacial score (nSPS) is 23.8. The van der Waals surface area contributed by atoms with Gasteiger partial charge in [0, 0.05) is 12.5 Å². The van der Waals surface area contributed by atoms with Crippen LogP contribution in [-0.2, 0) is 9.31 Å². The second-order valence-corrected chi connectivity index (χ2v) is 9.84. The molecule has 140 valence electrons. The predicted molar refractivity (Wildman–Crippen MR) is 109 cm³/mol. The van der Waals surface area contributed by atoms with E-state index in [9.17, 15) is 0 Å². The average molecular weight is 372 g/mol. The molecule has 3 heterocycles. The first-order valence-corrected chi connectivity index (χ1v) is 10.6. The van der Waals surface area contributed by atoms with Crippen LogP contribution in [0.15, 0.2) is 18.2 Å². The molecule has 0 amide bonds. The van der Waals surface area contributed by atoms with Crippen LogP contribution in [-0.4, -0.2) is 47.8 Å². The quantitative estimate of drug-likeness (QED) is 0.765. The fourth-order valence-corrected chi connectivity index (χ4v) is 4.72. The molecule has 0 saturated carbocycles. The molecule has 6 heteroatoms. The minimum Gasteiger partial charge on any atom is -0.399 e. The molecular weight excluding hydrogens is 343 g/mol. The maximum atomic E-state index is 6.19. The minimum atomic E-state index is -0.323. The van der Waals surface area contributed by atoms with Crippen molar-refractivity contribution in [3.05, 3.63) is 23.2 Å². The molecule has 1 aromatic heterocycles. The largest absolute Gasteiger partial charge is 0.494 e. The summed E-state index contributed by atoms with van der Waals surface area (Å²) >= 11 is 1.82. The Labute approximate surface area is 161 Å². The van der Waals surface area contributed by atoms with Crippen molar-refractivity contribution >= 4 is 34.1 Å². The molecule has 4 nitrogen and oxygen atoms in total. The van der Waals surface area contributed by atoms with E-state index in [1.165, 1.54) is 35.6 Å². The van der Waals surface area contributed by atoms with E-state index < -0.39 is 0 Å². The van der Waals surface area contributed by atoms with Crippen molar-refractivity contribution in [2.24, 2.45) is 0 Å². The van der Waals surface area contributed by atoms with Gasteiger partial charge in [-0.15, -0.1) is 11.3 Å². The van der Waals surface area contributed by atoms with Gasteiger partial charge in [0.25, 0.3) is 0 Å². The molecule has 1 unspecified atom stereocenters. The highest BCUT2D eigenvalue weighted by atomic mass is 32.1. The van der Waals surface area contributed by atoms with E-state index in [0.29, 0.717) is 5.92 Å². The Kier molecular flexibility index (Phi) is 4.67. The van der Waals surface area contributed by atoms with E-state index in [2.05, 4.69) is 57.7 Å². The first-order valence-electron chi connectivity index (χ1n) is 9.73. The zero-order valence-electron chi connectivity index (χ0n) is 16.5. The zero-order valence-corrected chi connectivity index (χ0v) is 17.4. The molecule has 26 heavy (non-hydrogen) atoms. The number of nitrogens with zero attached hydrogens (tertiary/aromatic N) is 2. The van der Waals surface area contributed by atoms with Crippen LogP contribution in [0.1, 0.15) is 58.4 Å². The summed E-state index contributed by atoms with van der Waals surface area (Å²) in [6, 6.07) is 6.43. The summed E-state index contributed by atoms with van der Waals surface area (Å²) in [4.78, 5) is 7.50. The van der Waals surface area contributed by atoms with Gasteiger partial charge >= 0.3 is 7.12 Å². The fourth-order valence-electron chi connectivity index (χ4n) is 3.73. The maximum absolute atomic E-state index is 6.19. The van der Waals surface area contributed by atoms with Crippen molar-refractivity contribution in [3.63, 3.8) is 0 Å². The van der Waals surface area contributed by atoms with Crippen LogP contribution in [0.5, 0.6) is 0 Å². The van der Waals surface area contributed by atoms with Gasteiger partial charge in [-0.1, -0.05) is 13.0 Å². The van der Waals surface area contributed by atoms with Crippen molar-refractivity contribution in [2.75, 3.05) is 19.6 Å². The van der Waals surface area contributed by atoms with Crippen LogP contribution in [0.25, 0.3) is 10.2 Å². The third-order valence-corrected chi connectivity index (χ3v) is 7.37. The monoisotopic (exact) mass is 372 g/mol. The van der Waals surface area contributed by atoms with Crippen molar-refractivity contribution < 1.29 is 9.31 Å². The first kappa shape index (κ1) is 18.4. The van der Waals surface area contributed by atoms with Gasteiger partial charge in [-0.25, -0.2) is 4.98 Å². The Bertz CT molecular complexity index is 782. The highest BCUT2D eigenvalue weighted by Crippen LogP contribution is 2.37. The molecule has 2 fully saturated rings. The van der Waals surface area contributed by atoms with Crippen molar-refractivity contribution in [2.45, 2.75) is 64.6 Å². The summed E-state index contributed by atoms with van der Waals surface area (Å²) in [5.41, 5.74) is 1.49. The van der Waals surface area contributed by atoms with Gasteiger partial charge in [0.15, 0.2) is 0 Å². The Hall–Kier alpha value is -0.945. The molecule has 0 aliphatic carbocycles. The van der Waals surface area contributed by atoms with Gasteiger partial charge in [0.1, 0.15) is 0 Å². The third kappa shape index (κ3) is 3.33. The van der Waals surface area contributed by atoms with E-state index in [4.69, 9.17) is 14.3 Å². The number of likely N-dealkylation sites (tertiary alicyclic amines) is 1. The SMILES string of the molecule is CC(CN1CCCC1)c1nc2cc(B3OC(C)(C)C(C)(C)O3)ccc2s1. The highest BCUT2D eigenvalue weighted by Gasteiger charge is 2.51. The van der Waals surface area contributed by atoms with Gasteiger partial charge in [0.05, 0.1) is 26.4 Å². The highest BCUT2D eigenvalue weighted by molar-refractivity contribution is 7.18. The first-order chi connectivity index (χ1) is 12.2. The molecule has 2 saturated heterocycles. The Balaban J connectivity index is 1.54. The minimum absolute atomic E-state index is 0.315. The number of thiazole rings is 1. The molecule has 2 aliphatic rings. The standard InChI is InChI=1S/C20H29BN2O2S/c1-14(13-23-10-6-7-11-23)18-22-16-12-15(8-9-17(16)26-18)21-24-19(2,3)20(4,5)25-21/h8-9,12,14H,6-7,10-11,13H2,1-5H3. The summed E-state index contributed by atoms with van der Waals surface area (Å²) in [7, 11) is -0.323. The maximum Gasteiger partial charge on any atom is 0.494 e. The van der Waals surface area contributed by atoms with Crippen LogP contribution in [0.2, 0.25) is 0 Å². The molecular formula is C20H29BN2O2S. The molecule has 0 spiro atoms. The van der Waals surface area contributed by atoms with E-state index in [1.807, 2.05) is 11.3 Å². The van der Waals surface area contributed by atoms with E-state index in [0.717, 1.165) is 17.5 Å². The van der Waals surface area contributed by atoms with Crippen LogP contribution >= 0.6 is 11.3 Å². The lowest BCUT2D eigenvalue weighted by atomic mass is 9.79. The van der Waals surface area contributed by atoms with Crippen LogP contribution < -0.4 is 5.46 Å². The fraction of sp³-hybridized carbons (Fsp3) is 0.650. The van der Waals surface area contributed by atoms with Crippen LogP contribution in [0, 0.1) is 0 Å². The topological polar surface area (TPSA) is 34.6 Å². The molecule has 2 aromatic rings. The molecule has 2 aliphatic heterocycles. The van der Waals surface area contributed by atoms with E-state index >= 15 is 0 Å². The number of rotatable bonds is 4. The summed E-state index contributed by atoms with van der Waals surface area (Å²) in [5.74, 6) is 0.478. The Morgan fingerprint density at radius 1 is 1.15 bits per heavy atom. The van der Waals surface area contributed by atoms with Crippen molar-refractivity contribution in [1.29, 1.82) is 0 Å². The number of hydrogen-bond donors (Lipinski definition) is 0. The molecule has 0 radical (unpaired) electrons. The third-order valence-electron chi connectivity index (χ3n) is 6.11. The lowest BCUT2D eigenvalue weighted by Crippen LogP contribution is -2.41. The van der Waals surface area contributed by atoms with Gasteiger partial charge in [-0.2, -0.15) is 0 Å². The number of benzene rings is 1. The summed E-state index contributed by atoms with van der Waals surface area (Å²) < 4.78 is 13.6. The number of aromatic nitrogens is 1. The predicted octanol–water partition coefficient (Wildman–Crippen LogP) is 3.79. The molecule has 0 bridgehead atoms. The lowest BCUT2D eigenvalue weighted by molar-refractivity contribution is 0.00578. The molecule has 1 atom stereocenters. The second kappa shape index (κ2) is 6.59. The summed E-state index contributed by atoms with van der Waals surface area (Å²) in [6.07, 6.45) is 2.67. The Morgan fingerprint density at radius 3 is 2.46 bits per heavy atom. The number of hydrogen-bond acceptors (Lipinski definition) is 5.